The van der Waals surface area contributed by atoms with Gasteiger partial charge in [-0.05, 0) is 50.3 Å². The van der Waals surface area contributed by atoms with E-state index in [0.717, 1.165) is 37.1 Å². The van der Waals surface area contributed by atoms with Crippen LogP contribution in [0.2, 0.25) is 0 Å². The van der Waals surface area contributed by atoms with E-state index in [1.807, 2.05) is 25.1 Å². The number of nitrogens with zero attached hydrogens (tertiary/aromatic N) is 2. The van der Waals surface area contributed by atoms with Crippen LogP contribution in [0.5, 0.6) is 0 Å². The molecule has 1 saturated carbocycles. The highest BCUT2D eigenvalue weighted by atomic mass is 19.2. The van der Waals surface area contributed by atoms with Gasteiger partial charge in [-0.25, -0.2) is 13.8 Å². The van der Waals surface area contributed by atoms with Crippen LogP contribution in [0.25, 0.3) is 0 Å². The summed E-state index contributed by atoms with van der Waals surface area (Å²) >= 11 is 0. The summed E-state index contributed by atoms with van der Waals surface area (Å²) < 4.78 is 26.4. The van der Waals surface area contributed by atoms with Crippen LogP contribution >= 0.6 is 0 Å². The van der Waals surface area contributed by atoms with Gasteiger partial charge in [0.05, 0.1) is 0 Å². The molecule has 27 heavy (non-hydrogen) atoms. The van der Waals surface area contributed by atoms with Crippen molar-refractivity contribution < 1.29 is 8.78 Å². The lowest BCUT2D eigenvalue weighted by Crippen LogP contribution is -2.54. The molecule has 1 unspecified atom stereocenters. The second kappa shape index (κ2) is 7.84. The summed E-state index contributed by atoms with van der Waals surface area (Å²) in [4.78, 5) is 6.70. The smallest absolute Gasteiger partial charge is 0.159 e. The Morgan fingerprint density at radius 3 is 2.56 bits per heavy atom. The summed E-state index contributed by atoms with van der Waals surface area (Å²) in [6.07, 6.45) is 5.94. The Morgan fingerprint density at radius 2 is 1.93 bits per heavy atom. The van der Waals surface area contributed by atoms with Crippen molar-refractivity contribution in [2.24, 2.45) is 16.6 Å². The van der Waals surface area contributed by atoms with Gasteiger partial charge in [-0.3, -0.25) is 0 Å². The molecule has 1 aromatic rings. The second-order valence-corrected chi connectivity index (χ2v) is 7.91. The van der Waals surface area contributed by atoms with E-state index in [-0.39, 0.29) is 0 Å². The quantitative estimate of drug-likeness (QED) is 0.738. The van der Waals surface area contributed by atoms with E-state index in [2.05, 4.69) is 22.5 Å². The molecule has 1 aliphatic carbocycles. The van der Waals surface area contributed by atoms with Gasteiger partial charge in [-0.15, -0.1) is 0 Å². The minimum Gasteiger partial charge on any atom is -0.384 e. The normalized spacial score (nSPS) is 28.2. The van der Waals surface area contributed by atoms with Gasteiger partial charge in [-0.1, -0.05) is 6.07 Å². The van der Waals surface area contributed by atoms with Crippen molar-refractivity contribution in [2.75, 3.05) is 14.1 Å². The number of hydrogen-bond acceptors (Lipinski definition) is 5. The Morgan fingerprint density at radius 1 is 1.22 bits per heavy atom. The molecule has 148 valence electrons. The van der Waals surface area contributed by atoms with E-state index in [4.69, 9.17) is 5.73 Å². The molecule has 5 nitrogen and oxygen atoms in total. The van der Waals surface area contributed by atoms with Crippen molar-refractivity contribution in [1.29, 1.82) is 0 Å². The van der Waals surface area contributed by atoms with Crippen molar-refractivity contribution in [2.45, 2.75) is 50.9 Å². The van der Waals surface area contributed by atoms with Gasteiger partial charge in [0.1, 0.15) is 17.3 Å². The minimum atomic E-state index is -0.807. The third-order valence-corrected chi connectivity index (χ3v) is 5.61. The van der Waals surface area contributed by atoms with Crippen LogP contribution in [-0.4, -0.2) is 36.5 Å². The molecule has 3 rings (SSSR count). The minimum absolute atomic E-state index is 0.367. The van der Waals surface area contributed by atoms with Gasteiger partial charge < -0.3 is 21.3 Å². The standard InChI is InChI=1S/C20H29F2N5/c1-20(25-18(23)11-19(26-20)27(2)3)14-5-7-15(8-6-14)24-12-13-4-9-16(21)17(22)10-13/h4,9-11,14-15,24,26H,5-8,12H2,1-3H3,(H2,23,25). The first-order valence-corrected chi connectivity index (χ1v) is 9.46. The predicted molar refractivity (Wildman–Crippen MR) is 104 cm³/mol. The van der Waals surface area contributed by atoms with E-state index in [0.29, 0.717) is 24.3 Å². The molecular weight excluding hydrogens is 348 g/mol. The zero-order valence-electron chi connectivity index (χ0n) is 16.2. The molecule has 2 aliphatic rings. The van der Waals surface area contributed by atoms with Gasteiger partial charge >= 0.3 is 0 Å². The second-order valence-electron chi connectivity index (χ2n) is 7.91. The maximum Gasteiger partial charge on any atom is 0.159 e. The average molecular weight is 377 g/mol. The SMILES string of the molecule is CN(C)C1=CC(N)=NC(C)(C2CCC(NCc3ccc(F)c(F)c3)CC2)N1. The van der Waals surface area contributed by atoms with Crippen LogP contribution in [0.1, 0.15) is 38.2 Å². The number of amidine groups is 1. The van der Waals surface area contributed by atoms with Crippen molar-refractivity contribution in [3.63, 3.8) is 0 Å². The molecule has 0 saturated heterocycles. The van der Waals surface area contributed by atoms with Crippen LogP contribution in [0.15, 0.2) is 35.1 Å². The van der Waals surface area contributed by atoms with Crippen LogP contribution < -0.4 is 16.4 Å². The van der Waals surface area contributed by atoms with E-state index in [1.165, 1.54) is 12.1 Å². The van der Waals surface area contributed by atoms with E-state index in [9.17, 15) is 8.78 Å². The van der Waals surface area contributed by atoms with Gasteiger partial charge in [0, 0.05) is 38.7 Å². The van der Waals surface area contributed by atoms with E-state index < -0.39 is 17.3 Å². The molecule has 1 aromatic carbocycles. The highest BCUT2D eigenvalue weighted by Crippen LogP contribution is 2.35. The van der Waals surface area contributed by atoms with Crippen molar-refractivity contribution in [3.05, 3.63) is 47.3 Å². The van der Waals surface area contributed by atoms with Crippen LogP contribution in [0.4, 0.5) is 8.78 Å². The van der Waals surface area contributed by atoms with Crippen molar-refractivity contribution >= 4 is 5.84 Å². The molecule has 0 aromatic heterocycles. The summed E-state index contributed by atoms with van der Waals surface area (Å²) in [5, 5.41) is 7.00. The molecule has 1 aliphatic heterocycles. The number of rotatable bonds is 5. The lowest BCUT2D eigenvalue weighted by atomic mass is 9.78. The molecule has 1 heterocycles. The summed E-state index contributed by atoms with van der Waals surface area (Å²) in [6.45, 7) is 2.65. The fourth-order valence-electron chi connectivity index (χ4n) is 3.97. The molecule has 7 heteroatoms. The predicted octanol–water partition coefficient (Wildman–Crippen LogP) is 2.69. The van der Waals surface area contributed by atoms with Crippen LogP contribution in [0.3, 0.4) is 0 Å². The maximum atomic E-state index is 13.3. The number of halogens is 2. The summed E-state index contributed by atoms with van der Waals surface area (Å²) in [6, 6.07) is 4.42. The molecule has 1 atom stereocenters. The molecule has 1 fully saturated rings. The first-order chi connectivity index (χ1) is 12.8. The lowest BCUT2D eigenvalue weighted by molar-refractivity contribution is 0.165. The number of hydrogen-bond donors (Lipinski definition) is 3. The Hall–Kier alpha value is -2.15. The first-order valence-electron chi connectivity index (χ1n) is 9.46. The number of benzene rings is 1. The van der Waals surface area contributed by atoms with Gasteiger partial charge in [-0.2, -0.15) is 0 Å². The Bertz CT molecular complexity index is 738. The molecule has 0 radical (unpaired) electrons. The molecule has 0 bridgehead atoms. The monoisotopic (exact) mass is 377 g/mol. The molecule has 4 N–H and O–H groups in total. The average Bonchev–Trinajstić information content (AvgIpc) is 2.62. The topological polar surface area (TPSA) is 65.7 Å². The molecule has 0 amide bonds. The van der Waals surface area contributed by atoms with Gasteiger partial charge in [0.2, 0.25) is 0 Å². The lowest BCUT2D eigenvalue weighted by Gasteiger charge is -2.43. The highest BCUT2D eigenvalue weighted by Gasteiger charge is 2.39. The molecular formula is C20H29F2N5. The highest BCUT2D eigenvalue weighted by molar-refractivity contribution is 5.92. The summed E-state index contributed by atoms with van der Waals surface area (Å²) in [5.41, 5.74) is 6.40. The Kier molecular flexibility index (Phi) is 5.69. The largest absolute Gasteiger partial charge is 0.384 e. The fourth-order valence-corrected chi connectivity index (χ4v) is 3.97. The van der Waals surface area contributed by atoms with E-state index >= 15 is 0 Å². The summed E-state index contributed by atoms with van der Waals surface area (Å²) in [7, 11) is 3.97. The number of nitrogens with one attached hydrogen (secondary N) is 2. The fraction of sp³-hybridized carbons (Fsp3) is 0.550. The Labute approximate surface area is 159 Å². The van der Waals surface area contributed by atoms with Crippen molar-refractivity contribution in [3.8, 4) is 0 Å². The zero-order valence-corrected chi connectivity index (χ0v) is 16.2. The Balaban J connectivity index is 1.54. The van der Waals surface area contributed by atoms with E-state index in [1.54, 1.807) is 6.07 Å². The van der Waals surface area contributed by atoms with Crippen LogP contribution in [-0.2, 0) is 6.54 Å². The van der Waals surface area contributed by atoms with Gasteiger partial charge in [0.15, 0.2) is 11.6 Å². The third-order valence-electron chi connectivity index (χ3n) is 5.61. The number of aliphatic imine (C=N–C) groups is 1. The van der Waals surface area contributed by atoms with Gasteiger partial charge in [0.25, 0.3) is 0 Å². The first kappa shape index (κ1) is 19.6. The third kappa shape index (κ3) is 4.58. The number of nitrogens with two attached hydrogens (primary N) is 1. The molecule has 0 spiro atoms. The maximum absolute atomic E-state index is 13.3. The van der Waals surface area contributed by atoms with Crippen molar-refractivity contribution in [1.82, 2.24) is 15.5 Å². The zero-order chi connectivity index (χ0) is 19.6. The summed E-state index contributed by atoms with van der Waals surface area (Å²) in [5.74, 6) is 0.316. The van der Waals surface area contributed by atoms with Crippen LogP contribution in [0, 0.1) is 17.6 Å².